The number of nitrogens with one attached hydrogen (secondary N) is 2. The highest BCUT2D eigenvalue weighted by atomic mass is 16.5. The summed E-state index contributed by atoms with van der Waals surface area (Å²) in [4.78, 5) is 15.9. The average molecular weight is 351 g/mol. The van der Waals surface area contributed by atoms with Gasteiger partial charge in [0.25, 0.3) is 0 Å². The van der Waals surface area contributed by atoms with Gasteiger partial charge >= 0.3 is 6.03 Å². The Kier molecular flexibility index (Phi) is 5.82. The average Bonchev–Trinajstić information content (AvgIpc) is 3.21. The van der Waals surface area contributed by atoms with Crippen LogP contribution in [0, 0.1) is 0 Å². The second kappa shape index (κ2) is 8.66. The highest BCUT2D eigenvalue weighted by molar-refractivity contribution is 5.74. The number of aromatic nitrogens is 3. The maximum absolute atomic E-state index is 12.0. The highest BCUT2D eigenvalue weighted by Crippen LogP contribution is 2.15. The maximum atomic E-state index is 12.0. The number of rotatable bonds is 7. The molecular weight excluding hydrogens is 330 g/mol. The topological polar surface area (TPSA) is 81.1 Å². The quantitative estimate of drug-likeness (QED) is 0.641. The lowest BCUT2D eigenvalue weighted by Crippen LogP contribution is -2.38. The standard InChI is InChI=1S/C19H21N5O2/c1-15(16-7-9-17(10-8-16)24-14-20-13-22-24)23-19(25)21-11-12-26-18-5-3-2-4-6-18/h2-10,13-15H,11-12H2,1H3,(H2,21,23,25). The van der Waals surface area contributed by atoms with Gasteiger partial charge in [-0.15, -0.1) is 0 Å². The summed E-state index contributed by atoms with van der Waals surface area (Å²) >= 11 is 0. The van der Waals surface area contributed by atoms with Crippen LogP contribution in [0.2, 0.25) is 0 Å². The van der Waals surface area contributed by atoms with Gasteiger partial charge in [0.15, 0.2) is 0 Å². The lowest BCUT2D eigenvalue weighted by atomic mass is 10.1. The second-order valence-electron chi connectivity index (χ2n) is 5.72. The molecule has 26 heavy (non-hydrogen) atoms. The third kappa shape index (κ3) is 4.83. The first kappa shape index (κ1) is 17.5. The van der Waals surface area contributed by atoms with E-state index in [9.17, 15) is 4.79 Å². The Morgan fingerprint density at radius 3 is 2.62 bits per heavy atom. The minimum Gasteiger partial charge on any atom is -0.492 e. The van der Waals surface area contributed by atoms with E-state index in [1.54, 1.807) is 11.0 Å². The first-order valence-electron chi connectivity index (χ1n) is 8.39. The monoisotopic (exact) mass is 351 g/mol. The van der Waals surface area contributed by atoms with Gasteiger partial charge in [-0.25, -0.2) is 14.5 Å². The number of carbonyl (C=O) groups excluding carboxylic acids is 1. The molecule has 3 rings (SSSR count). The van der Waals surface area contributed by atoms with Crippen molar-refractivity contribution >= 4 is 6.03 Å². The smallest absolute Gasteiger partial charge is 0.315 e. The molecule has 2 aromatic carbocycles. The van der Waals surface area contributed by atoms with Crippen molar-refractivity contribution < 1.29 is 9.53 Å². The van der Waals surface area contributed by atoms with Crippen LogP contribution in [0.15, 0.2) is 67.3 Å². The summed E-state index contributed by atoms with van der Waals surface area (Å²) in [6, 6.07) is 17.0. The van der Waals surface area contributed by atoms with Crippen LogP contribution in [0.3, 0.4) is 0 Å². The van der Waals surface area contributed by atoms with E-state index < -0.39 is 0 Å². The van der Waals surface area contributed by atoms with Gasteiger partial charge in [-0.3, -0.25) is 0 Å². The Bertz CT molecular complexity index is 804. The molecule has 0 aliphatic heterocycles. The summed E-state index contributed by atoms with van der Waals surface area (Å²) in [5.74, 6) is 0.788. The van der Waals surface area contributed by atoms with Gasteiger partial charge in [-0.2, -0.15) is 5.10 Å². The number of urea groups is 1. The molecule has 2 N–H and O–H groups in total. The Morgan fingerprint density at radius 1 is 1.15 bits per heavy atom. The predicted molar refractivity (Wildman–Crippen MR) is 98.2 cm³/mol. The van der Waals surface area contributed by atoms with E-state index in [1.807, 2.05) is 61.5 Å². The van der Waals surface area contributed by atoms with Crippen molar-refractivity contribution in [2.75, 3.05) is 13.2 Å². The lowest BCUT2D eigenvalue weighted by Gasteiger charge is -2.15. The minimum absolute atomic E-state index is 0.116. The van der Waals surface area contributed by atoms with E-state index >= 15 is 0 Å². The molecule has 0 fully saturated rings. The molecule has 1 unspecified atom stereocenters. The summed E-state index contributed by atoms with van der Waals surface area (Å²) in [6.45, 7) is 2.78. The van der Waals surface area contributed by atoms with Crippen molar-refractivity contribution in [3.05, 3.63) is 72.8 Å². The molecule has 0 aliphatic carbocycles. The summed E-state index contributed by atoms with van der Waals surface area (Å²) in [7, 11) is 0. The van der Waals surface area contributed by atoms with E-state index in [0.717, 1.165) is 17.0 Å². The maximum Gasteiger partial charge on any atom is 0.315 e. The Morgan fingerprint density at radius 2 is 1.92 bits per heavy atom. The summed E-state index contributed by atoms with van der Waals surface area (Å²) in [5, 5.41) is 9.79. The van der Waals surface area contributed by atoms with Crippen molar-refractivity contribution in [1.29, 1.82) is 0 Å². The van der Waals surface area contributed by atoms with Crippen LogP contribution in [-0.2, 0) is 0 Å². The van der Waals surface area contributed by atoms with Gasteiger partial charge in [-0.1, -0.05) is 30.3 Å². The predicted octanol–water partition coefficient (Wildman–Crippen LogP) is 2.71. The van der Waals surface area contributed by atoms with E-state index in [0.29, 0.717) is 13.2 Å². The number of ether oxygens (including phenoxy) is 1. The molecule has 1 heterocycles. The Labute approximate surface area is 152 Å². The molecule has 134 valence electrons. The highest BCUT2D eigenvalue weighted by Gasteiger charge is 2.09. The first-order valence-corrected chi connectivity index (χ1v) is 8.39. The molecule has 7 nitrogen and oxygen atoms in total. The second-order valence-corrected chi connectivity index (χ2v) is 5.72. The number of carbonyl (C=O) groups is 1. The van der Waals surface area contributed by atoms with Crippen molar-refractivity contribution in [2.45, 2.75) is 13.0 Å². The van der Waals surface area contributed by atoms with Crippen LogP contribution < -0.4 is 15.4 Å². The minimum atomic E-state index is -0.227. The molecule has 0 saturated carbocycles. The molecule has 0 bridgehead atoms. The molecule has 3 aromatic rings. The molecule has 0 saturated heterocycles. The molecule has 1 atom stereocenters. The van der Waals surface area contributed by atoms with Gasteiger partial charge in [0.05, 0.1) is 18.3 Å². The molecule has 0 spiro atoms. The number of nitrogens with zero attached hydrogens (tertiary/aromatic N) is 3. The zero-order valence-corrected chi connectivity index (χ0v) is 14.5. The van der Waals surface area contributed by atoms with Crippen molar-refractivity contribution in [1.82, 2.24) is 25.4 Å². The van der Waals surface area contributed by atoms with Crippen molar-refractivity contribution in [3.63, 3.8) is 0 Å². The van der Waals surface area contributed by atoms with Gasteiger partial charge < -0.3 is 15.4 Å². The molecule has 7 heteroatoms. The fraction of sp³-hybridized carbons (Fsp3) is 0.211. The Balaban J connectivity index is 1.42. The van der Waals surface area contributed by atoms with Gasteiger partial charge in [-0.05, 0) is 36.8 Å². The van der Waals surface area contributed by atoms with Gasteiger partial charge in [0.2, 0.25) is 0 Å². The van der Waals surface area contributed by atoms with Crippen LogP contribution in [0.25, 0.3) is 5.69 Å². The van der Waals surface area contributed by atoms with Gasteiger partial charge in [0, 0.05) is 0 Å². The number of para-hydroxylation sites is 1. The molecule has 0 radical (unpaired) electrons. The zero-order valence-electron chi connectivity index (χ0n) is 14.5. The number of amides is 2. The van der Waals surface area contributed by atoms with Crippen LogP contribution in [0.5, 0.6) is 5.75 Å². The number of hydrogen-bond acceptors (Lipinski definition) is 4. The van der Waals surface area contributed by atoms with Crippen LogP contribution in [0.4, 0.5) is 4.79 Å². The van der Waals surface area contributed by atoms with Crippen LogP contribution in [-0.4, -0.2) is 33.9 Å². The van der Waals surface area contributed by atoms with E-state index in [4.69, 9.17) is 4.74 Å². The first-order chi connectivity index (χ1) is 12.7. The van der Waals surface area contributed by atoms with Crippen LogP contribution in [0.1, 0.15) is 18.5 Å². The van der Waals surface area contributed by atoms with E-state index in [-0.39, 0.29) is 12.1 Å². The third-order valence-electron chi connectivity index (χ3n) is 3.82. The van der Waals surface area contributed by atoms with Crippen molar-refractivity contribution in [3.8, 4) is 11.4 Å². The lowest BCUT2D eigenvalue weighted by molar-refractivity contribution is 0.233. The summed E-state index contributed by atoms with van der Waals surface area (Å²) in [6.07, 6.45) is 3.13. The van der Waals surface area contributed by atoms with Crippen LogP contribution >= 0.6 is 0 Å². The fourth-order valence-corrected chi connectivity index (χ4v) is 2.44. The van der Waals surface area contributed by atoms with E-state index in [1.165, 1.54) is 6.33 Å². The molecule has 1 aromatic heterocycles. The SMILES string of the molecule is CC(NC(=O)NCCOc1ccccc1)c1ccc(-n2cncn2)cc1. The molecular formula is C19H21N5O2. The van der Waals surface area contributed by atoms with Crippen molar-refractivity contribution in [2.24, 2.45) is 0 Å². The Hall–Kier alpha value is -3.35. The molecule has 0 aliphatic rings. The number of benzene rings is 2. The zero-order chi connectivity index (χ0) is 18.2. The fourth-order valence-electron chi connectivity index (χ4n) is 2.44. The summed E-state index contributed by atoms with van der Waals surface area (Å²) < 4.78 is 7.22. The summed E-state index contributed by atoms with van der Waals surface area (Å²) in [5.41, 5.74) is 1.92. The number of hydrogen-bond donors (Lipinski definition) is 2. The molecule has 2 amide bonds. The van der Waals surface area contributed by atoms with E-state index in [2.05, 4.69) is 20.7 Å². The van der Waals surface area contributed by atoms with Gasteiger partial charge in [0.1, 0.15) is 25.0 Å². The normalized spacial score (nSPS) is 11.6. The largest absolute Gasteiger partial charge is 0.492 e. The third-order valence-corrected chi connectivity index (χ3v) is 3.82.